The molecule has 0 aromatic rings. The molecule has 0 aliphatic rings. The molecule has 0 aromatic carbocycles. The van der Waals surface area contributed by atoms with Crippen LogP contribution in [0, 0.1) is 5.92 Å². The molecule has 0 N–H and O–H groups in total. The maximum Gasteiger partial charge on any atom is -0.0186 e. The molecule has 1 atom stereocenters. The van der Waals surface area contributed by atoms with Gasteiger partial charge in [0, 0.05) is 0 Å². The summed E-state index contributed by atoms with van der Waals surface area (Å²) in [6, 6.07) is 0. The van der Waals surface area contributed by atoms with Crippen LogP contribution >= 0.6 is 15.9 Å². The first kappa shape index (κ1) is 13.0. The topological polar surface area (TPSA) is 0 Å². The van der Waals surface area contributed by atoms with Gasteiger partial charge in [-0.25, -0.2) is 0 Å². The van der Waals surface area contributed by atoms with Gasteiger partial charge in [-0.3, -0.25) is 0 Å². The van der Waals surface area contributed by atoms with Gasteiger partial charge in [0.2, 0.25) is 0 Å². The van der Waals surface area contributed by atoms with Crippen LogP contribution in [-0.2, 0) is 0 Å². The first-order valence-corrected chi connectivity index (χ1v) is 6.11. The number of halogens is 1. The van der Waals surface area contributed by atoms with E-state index in [1.165, 1.54) is 24.8 Å². The largest absolute Gasteiger partial charge is 0.0813 e. The van der Waals surface area contributed by atoms with Crippen molar-refractivity contribution in [2.24, 2.45) is 5.92 Å². The predicted molar refractivity (Wildman–Crippen MR) is 65.1 cm³/mol. The monoisotopic (exact) mass is 244 g/mol. The molecule has 0 saturated carbocycles. The molecule has 13 heavy (non-hydrogen) atoms. The van der Waals surface area contributed by atoms with Gasteiger partial charge in [-0.05, 0) is 30.2 Å². The lowest BCUT2D eigenvalue weighted by Gasteiger charge is -2.05. The van der Waals surface area contributed by atoms with Crippen LogP contribution in [0.15, 0.2) is 22.7 Å². The normalized spacial score (nSPS) is 15.2. The van der Waals surface area contributed by atoms with E-state index in [-0.39, 0.29) is 0 Å². The van der Waals surface area contributed by atoms with E-state index >= 15 is 0 Å². The lowest BCUT2D eigenvalue weighted by Crippen LogP contribution is -1.90. The van der Waals surface area contributed by atoms with Crippen LogP contribution in [-0.4, -0.2) is 0 Å². The van der Waals surface area contributed by atoms with Crippen LogP contribution in [0.25, 0.3) is 0 Å². The van der Waals surface area contributed by atoms with Crippen molar-refractivity contribution in [3.05, 3.63) is 22.7 Å². The average molecular weight is 245 g/mol. The van der Waals surface area contributed by atoms with Gasteiger partial charge < -0.3 is 0 Å². The summed E-state index contributed by atoms with van der Waals surface area (Å²) in [5, 5.41) is 0. The first-order valence-electron chi connectivity index (χ1n) is 5.20. The summed E-state index contributed by atoms with van der Waals surface area (Å²) in [5.74, 6) is 0.863. The Morgan fingerprint density at radius 1 is 1.38 bits per heavy atom. The predicted octanol–water partition coefficient (Wildman–Crippen LogP) is 5.06. The van der Waals surface area contributed by atoms with E-state index in [2.05, 4.69) is 48.9 Å². The lowest BCUT2D eigenvalue weighted by atomic mass is 10.0. The van der Waals surface area contributed by atoms with Crippen LogP contribution in [0.2, 0.25) is 0 Å². The highest BCUT2D eigenvalue weighted by atomic mass is 79.9. The molecule has 0 aromatic heterocycles. The SMILES string of the molecule is CCC(C=CBr)=CCCC(C)CC. The van der Waals surface area contributed by atoms with E-state index < -0.39 is 0 Å². The zero-order chi connectivity index (χ0) is 10.1. The third-order valence-electron chi connectivity index (χ3n) is 2.45. The Balaban J connectivity index is 3.79. The lowest BCUT2D eigenvalue weighted by molar-refractivity contribution is 0.521. The van der Waals surface area contributed by atoms with E-state index in [9.17, 15) is 0 Å². The standard InChI is InChI=1S/C12H21Br/c1-4-11(3)7-6-8-12(5-2)9-10-13/h8-11H,4-7H2,1-3H3. The molecule has 0 aliphatic carbocycles. The number of rotatable bonds is 6. The molecule has 0 bridgehead atoms. The van der Waals surface area contributed by atoms with Crippen LogP contribution < -0.4 is 0 Å². The molecule has 1 unspecified atom stereocenters. The second-order valence-electron chi connectivity index (χ2n) is 3.52. The summed E-state index contributed by atoms with van der Waals surface area (Å²) in [6.07, 6.45) is 9.44. The Morgan fingerprint density at radius 3 is 2.54 bits per heavy atom. The highest BCUT2D eigenvalue weighted by Crippen LogP contribution is 2.13. The fraction of sp³-hybridized carbons (Fsp3) is 0.667. The van der Waals surface area contributed by atoms with Gasteiger partial charge in [-0.1, -0.05) is 60.8 Å². The summed E-state index contributed by atoms with van der Waals surface area (Å²) in [4.78, 5) is 1.94. The van der Waals surface area contributed by atoms with Crippen molar-refractivity contribution >= 4 is 15.9 Å². The Morgan fingerprint density at radius 2 is 2.08 bits per heavy atom. The molecule has 0 spiro atoms. The molecule has 0 rings (SSSR count). The van der Waals surface area contributed by atoms with Crippen molar-refractivity contribution in [1.29, 1.82) is 0 Å². The number of allylic oxidation sites excluding steroid dienone is 3. The second-order valence-corrected chi connectivity index (χ2v) is 4.04. The highest BCUT2D eigenvalue weighted by Gasteiger charge is 1.96. The van der Waals surface area contributed by atoms with E-state index in [1.807, 2.05) is 4.99 Å². The molecular formula is C12H21Br. The second kappa shape index (κ2) is 8.55. The van der Waals surface area contributed by atoms with Gasteiger partial charge >= 0.3 is 0 Å². The van der Waals surface area contributed by atoms with Gasteiger partial charge in [-0.2, -0.15) is 0 Å². The van der Waals surface area contributed by atoms with Crippen molar-refractivity contribution in [3.8, 4) is 0 Å². The quantitative estimate of drug-likeness (QED) is 0.574. The van der Waals surface area contributed by atoms with Gasteiger partial charge in [0.1, 0.15) is 0 Å². The highest BCUT2D eigenvalue weighted by molar-refractivity contribution is 9.11. The molecule has 1 heteroatoms. The molecule has 0 fully saturated rings. The van der Waals surface area contributed by atoms with E-state index in [0.29, 0.717) is 0 Å². The van der Waals surface area contributed by atoms with E-state index in [1.54, 1.807) is 0 Å². The van der Waals surface area contributed by atoms with Crippen LogP contribution in [0.4, 0.5) is 0 Å². The third kappa shape index (κ3) is 7.06. The number of hydrogen-bond donors (Lipinski definition) is 0. The van der Waals surface area contributed by atoms with Gasteiger partial charge in [0.25, 0.3) is 0 Å². The fourth-order valence-electron chi connectivity index (χ4n) is 1.17. The summed E-state index contributed by atoms with van der Waals surface area (Å²) in [5.41, 5.74) is 1.43. The zero-order valence-corrected chi connectivity index (χ0v) is 10.6. The first-order chi connectivity index (χ1) is 6.24. The van der Waals surface area contributed by atoms with Gasteiger partial charge in [0.05, 0.1) is 0 Å². The number of hydrogen-bond acceptors (Lipinski definition) is 0. The van der Waals surface area contributed by atoms with E-state index in [4.69, 9.17) is 0 Å². The molecule has 0 nitrogen and oxygen atoms in total. The minimum absolute atomic E-state index is 0.863. The molecular weight excluding hydrogens is 224 g/mol. The molecule has 0 amide bonds. The Kier molecular flexibility index (Phi) is 8.53. The maximum absolute atomic E-state index is 3.30. The average Bonchev–Trinajstić information content (AvgIpc) is 2.16. The molecule has 0 saturated heterocycles. The minimum atomic E-state index is 0.863. The smallest absolute Gasteiger partial charge is 0.0186 e. The molecule has 76 valence electrons. The van der Waals surface area contributed by atoms with Gasteiger partial charge in [0.15, 0.2) is 0 Å². The van der Waals surface area contributed by atoms with Crippen molar-refractivity contribution in [2.45, 2.75) is 46.5 Å². The summed E-state index contributed by atoms with van der Waals surface area (Å²) in [7, 11) is 0. The Bertz CT molecular complexity index is 168. The van der Waals surface area contributed by atoms with Crippen LogP contribution in [0.1, 0.15) is 46.5 Å². The van der Waals surface area contributed by atoms with Crippen LogP contribution in [0.5, 0.6) is 0 Å². The van der Waals surface area contributed by atoms with E-state index in [0.717, 1.165) is 12.3 Å². The third-order valence-corrected chi connectivity index (χ3v) is 2.71. The van der Waals surface area contributed by atoms with Crippen LogP contribution in [0.3, 0.4) is 0 Å². The van der Waals surface area contributed by atoms with Crippen molar-refractivity contribution in [3.63, 3.8) is 0 Å². The molecule has 0 aliphatic heterocycles. The summed E-state index contributed by atoms with van der Waals surface area (Å²) in [6.45, 7) is 6.77. The Hall–Kier alpha value is -0.0400. The maximum atomic E-state index is 3.30. The molecule has 0 radical (unpaired) electrons. The molecule has 0 heterocycles. The van der Waals surface area contributed by atoms with Crippen molar-refractivity contribution in [1.82, 2.24) is 0 Å². The Labute approximate surface area is 91.2 Å². The van der Waals surface area contributed by atoms with Crippen molar-refractivity contribution < 1.29 is 0 Å². The minimum Gasteiger partial charge on any atom is -0.0813 e. The van der Waals surface area contributed by atoms with Gasteiger partial charge in [-0.15, -0.1) is 0 Å². The fourth-order valence-corrected chi connectivity index (χ4v) is 1.51. The summed E-state index contributed by atoms with van der Waals surface area (Å²) >= 11 is 3.30. The summed E-state index contributed by atoms with van der Waals surface area (Å²) < 4.78 is 0. The van der Waals surface area contributed by atoms with Crippen molar-refractivity contribution in [2.75, 3.05) is 0 Å². The zero-order valence-electron chi connectivity index (χ0n) is 9.02.